The number of likely N-dealkylation sites (tertiary alicyclic amines) is 1. The second-order valence-corrected chi connectivity index (χ2v) is 5.31. The molecule has 1 amide bonds. The van der Waals surface area contributed by atoms with Crippen LogP contribution in [-0.4, -0.2) is 36.5 Å². The number of rotatable bonds is 5. The van der Waals surface area contributed by atoms with Gasteiger partial charge in [0.05, 0.1) is 0 Å². The largest absolute Gasteiger partial charge is 0.381 e. The molecule has 0 spiro atoms. The normalized spacial score (nSPS) is 16.4. The van der Waals surface area contributed by atoms with Gasteiger partial charge in [0.2, 0.25) is 5.91 Å². The highest BCUT2D eigenvalue weighted by molar-refractivity contribution is 6.30. The molecule has 1 fully saturated rings. The minimum atomic E-state index is -0.0331. The molecule has 1 unspecified atom stereocenters. The number of carbonyl (C=O) groups is 1. The van der Waals surface area contributed by atoms with Gasteiger partial charge in [-0.05, 0) is 37.1 Å². The van der Waals surface area contributed by atoms with Crippen molar-refractivity contribution < 1.29 is 4.79 Å². The van der Waals surface area contributed by atoms with Crippen LogP contribution in [0.4, 0.5) is 5.69 Å². The molecular formula is C14H20ClN3O. The summed E-state index contributed by atoms with van der Waals surface area (Å²) in [6.45, 7) is 2.20. The Morgan fingerprint density at radius 3 is 2.53 bits per heavy atom. The summed E-state index contributed by atoms with van der Waals surface area (Å²) in [6, 6.07) is 7.39. The Balaban J connectivity index is 1.88. The Labute approximate surface area is 118 Å². The van der Waals surface area contributed by atoms with Crippen molar-refractivity contribution in [2.45, 2.75) is 25.3 Å². The first-order chi connectivity index (χ1) is 9.19. The van der Waals surface area contributed by atoms with E-state index in [4.69, 9.17) is 17.3 Å². The van der Waals surface area contributed by atoms with Crippen LogP contribution in [0.5, 0.6) is 0 Å². The highest BCUT2D eigenvalue weighted by Gasteiger charge is 2.21. The zero-order chi connectivity index (χ0) is 13.7. The molecule has 1 saturated heterocycles. The van der Waals surface area contributed by atoms with E-state index in [1.54, 1.807) is 0 Å². The molecule has 4 nitrogen and oxygen atoms in total. The Morgan fingerprint density at radius 1 is 1.32 bits per heavy atom. The lowest BCUT2D eigenvalue weighted by Gasteiger charge is -2.21. The molecule has 1 atom stereocenters. The van der Waals surface area contributed by atoms with Crippen LogP contribution in [-0.2, 0) is 4.79 Å². The van der Waals surface area contributed by atoms with E-state index in [9.17, 15) is 4.79 Å². The van der Waals surface area contributed by atoms with Crippen LogP contribution in [0.2, 0.25) is 5.02 Å². The van der Waals surface area contributed by atoms with Crippen LogP contribution in [0.15, 0.2) is 24.3 Å². The van der Waals surface area contributed by atoms with Crippen molar-refractivity contribution in [3.05, 3.63) is 29.3 Å². The SMILES string of the molecule is NCC(CC(=O)N1CCCC1)Nc1ccc(Cl)cc1. The van der Waals surface area contributed by atoms with E-state index >= 15 is 0 Å². The van der Waals surface area contributed by atoms with E-state index in [0.717, 1.165) is 31.6 Å². The zero-order valence-electron chi connectivity index (χ0n) is 10.9. The van der Waals surface area contributed by atoms with Crippen molar-refractivity contribution in [3.63, 3.8) is 0 Å². The van der Waals surface area contributed by atoms with Crippen molar-refractivity contribution in [1.29, 1.82) is 0 Å². The van der Waals surface area contributed by atoms with Crippen LogP contribution >= 0.6 is 11.6 Å². The summed E-state index contributed by atoms with van der Waals surface area (Å²) in [5.41, 5.74) is 6.68. The van der Waals surface area contributed by atoms with E-state index in [-0.39, 0.29) is 11.9 Å². The molecule has 19 heavy (non-hydrogen) atoms. The number of nitrogens with zero attached hydrogens (tertiary/aromatic N) is 1. The van der Waals surface area contributed by atoms with Gasteiger partial charge >= 0.3 is 0 Å². The van der Waals surface area contributed by atoms with E-state index in [0.29, 0.717) is 18.0 Å². The highest BCUT2D eigenvalue weighted by atomic mass is 35.5. The summed E-state index contributed by atoms with van der Waals surface area (Å²) in [5.74, 6) is 0.189. The van der Waals surface area contributed by atoms with Crippen LogP contribution in [0.1, 0.15) is 19.3 Å². The van der Waals surface area contributed by atoms with Crippen molar-refractivity contribution in [2.75, 3.05) is 25.0 Å². The lowest BCUT2D eigenvalue weighted by atomic mass is 10.1. The van der Waals surface area contributed by atoms with Gasteiger partial charge < -0.3 is 16.0 Å². The molecule has 3 N–H and O–H groups in total. The van der Waals surface area contributed by atoms with Gasteiger partial charge in [-0.25, -0.2) is 0 Å². The van der Waals surface area contributed by atoms with Crippen molar-refractivity contribution in [3.8, 4) is 0 Å². The van der Waals surface area contributed by atoms with Gasteiger partial charge in [-0.15, -0.1) is 0 Å². The quantitative estimate of drug-likeness (QED) is 0.869. The number of anilines is 1. The van der Waals surface area contributed by atoms with Crippen molar-refractivity contribution >= 4 is 23.2 Å². The predicted molar refractivity (Wildman–Crippen MR) is 78.3 cm³/mol. The number of carbonyl (C=O) groups excluding carboxylic acids is 1. The Bertz CT molecular complexity index is 415. The second-order valence-electron chi connectivity index (χ2n) is 4.88. The lowest BCUT2D eigenvalue weighted by molar-refractivity contribution is -0.130. The summed E-state index contributed by atoms with van der Waals surface area (Å²) in [4.78, 5) is 14.0. The minimum absolute atomic E-state index is 0.0331. The number of benzene rings is 1. The third-order valence-electron chi connectivity index (χ3n) is 3.38. The molecule has 1 aromatic carbocycles. The molecule has 0 saturated carbocycles. The van der Waals surface area contributed by atoms with Gasteiger partial charge in [0, 0.05) is 42.8 Å². The lowest BCUT2D eigenvalue weighted by Crippen LogP contribution is -2.37. The van der Waals surface area contributed by atoms with Gasteiger partial charge in [-0.1, -0.05) is 11.6 Å². The molecule has 104 valence electrons. The molecule has 1 aliphatic rings. The monoisotopic (exact) mass is 281 g/mol. The third-order valence-corrected chi connectivity index (χ3v) is 3.63. The zero-order valence-corrected chi connectivity index (χ0v) is 11.7. The first-order valence-electron chi connectivity index (χ1n) is 6.69. The molecule has 1 heterocycles. The molecule has 1 aromatic rings. The number of amides is 1. The van der Waals surface area contributed by atoms with Crippen molar-refractivity contribution in [2.24, 2.45) is 5.73 Å². The van der Waals surface area contributed by atoms with Crippen molar-refractivity contribution in [1.82, 2.24) is 4.90 Å². The van der Waals surface area contributed by atoms with Gasteiger partial charge in [-0.3, -0.25) is 4.79 Å². The molecule has 1 aliphatic heterocycles. The summed E-state index contributed by atoms with van der Waals surface area (Å²) in [7, 11) is 0. The maximum atomic E-state index is 12.1. The maximum Gasteiger partial charge on any atom is 0.224 e. The maximum absolute atomic E-state index is 12.1. The molecule has 0 radical (unpaired) electrons. The topological polar surface area (TPSA) is 58.4 Å². The average molecular weight is 282 g/mol. The summed E-state index contributed by atoms with van der Waals surface area (Å²) in [6.07, 6.45) is 2.67. The first kappa shape index (κ1) is 14.2. The predicted octanol–water partition coefficient (Wildman–Crippen LogP) is 2.09. The van der Waals surface area contributed by atoms with Crippen LogP contribution in [0, 0.1) is 0 Å². The standard InChI is InChI=1S/C14H20ClN3O/c15-11-3-5-12(6-4-11)17-13(10-16)9-14(19)18-7-1-2-8-18/h3-6,13,17H,1-2,7-10,16H2. The van der Waals surface area contributed by atoms with E-state index in [1.807, 2.05) is 29.2 Å². The highest BCUT2D eigenvalue weighted by Crippen LogP contribution is 2.16. The van der Waals surface area contributed by atoms with E-state index in [1.165, 1.54) is 0 Å². The van der Waals surface area contributed by atoms with E-state index in [2.05, 4.69) is 5.32 Å². The van der Waals surface area contributed by atoms with Crippen LogP contribution < -0.4 is 11.1 Å². The second kappa shape index (κ2) is 6.78. The number of halogens is 1. The summed E-state index contributed by atoms with van der Waals surface area (Å²) < 4.78 is 0. The number of nitrogens with two attached hydrogens (primary N) is 1. The Morgan fingerprint density at radius 2 is 1.95 bits per heavy atom. The smallest absolute Gasteiger partial charge is 0.224 e. The van der Waals surface area contributed by atoms with Crippen LogP contribution in [0.3, 0.4) is 0 Å². The Kier molecular flexibility index (Phi) is 5.05. The van der Waals surface area contributed by atoms with Gasteiger partial charge in [0.1, 0.15) is 0 Å². The van der Waals surface area contributed by atoms with Crippen LogP contribution in [0.25, 0.3) is 0 Å². The number of hydrogen-bond acceptors (Lipinski definition) is 3. The Hall–Kier alpha value is -1.26. The van der Waals surface area contributed by atoms with Gasteiger partial charge in [0.25, 0.3) is 0 Å². The first-order valence-corrected chi connectivity index (χ1v) is 7.07. The fraction of sp³-hybridized carbons (Fsp3) is 0.500. The fourth-order valence-corrected chi connectivity index (χ4v) is 2.41. The van der Waals surface area contributed by atoms with Gasteiger partial charge in [-0.2, -0.15) is 0 Å². The number of hydrogen-bond donors (Lipinski definition) is 2. The molecule has 5 heteroatoms. The average Bonchev–Trinajstić information content (AvgIpc) is 2.94. The minimum Gasteiger partial charge on any atom is -0.381 e. The number of nitrogens with one attached hydrogen (secondary N) is 1. The molecule has 0 aliphatic carbocycles. The summed E-state index contributed by atoms with van der Waals surface area (Å²) in [5, 5.41) is 3.98. The molecule has 0 aromatic heterocycles. The van der Waals surface area contributed by atoms with E-state index < -0.39 is 0 Å². The molecule has 2 rings (SSSR count). The molecular weight excluding hydrogens is 262 g/mol. The van der Waals surface area contributed by atoms with Gasteiger partial charge in [0.15, 0.2) is 0 Å². The fourth-order valence-electron chi connectivity index (χ4n) is 2.28. The molecule has 0 bridgehead atoms. The summed E-state index contributed by atoms with van der Waals surface area (Å²) >= 11 is 5.84. The third kappa shape index (κ3) is 4.11.